The van der Waals surface area contributed by atoms with Crippen molar-refractivity contribution in [3.8, 4) is 0 Å². The van der Waals surface area contributed by atoms with Crippen molar-refractivity contribution in [1.29, 1.82) is 0 Å². The maximum absolute atomic E-state index is 13.0. The molecule has 2 aliphatic rings. The summed E-state index contributed by atoms with van der Waals surface area (Å²) in [6.07, 6.45) is 19.5. The molecule has 0 aromatic heterocycles. The average Bonchev–Trinajstić information content (AvgIpc) is 3.43. The molecule has 2 atom stereocenters. The molecule has 2 unspecified atom stereocenters. The van der Waals surface area contributed by atoms with E-state index in [1.54, 1.807) is 0 Å². The quantitative estimate of drug-likeness (QED) is 0.184. The Hall–Kier alpha value is -2.64. The molecule has 8 heteroatoms. The van der Waals surface area contributed by atoms with Gasteiger partial charge in [0.15, 0.2) is 0 Å². The van der Waals surface area contributed by atoms with Crippen molar-refractivity contribution >= 4 is 65.7 Å². The van der Waals surface area contributed by atoms with Crippen molar-refractivity contribution in [2.75, 3.05) is 13.1 Å². The summed E-state index contributed by atoms with van der Waals surface area (Å²) in [6.45, 7) is 5.43. The van der Waals surface area contributed by atoms with Gasteiger partial charge in [0.25, 0.3) is 0 Å². The monoisotopic (exact) mass is 629 g/mol. The molecule has 6 nitrogen and oxygen atoms in total. The third-order valence-corrected chi connectivity index (χ3v) is 8.07. The Bertz CT molecular complexity index is 1420. The lowest BCUT2D eigenvalue weighted by Gasteiger charge is -2.24. The molecule has 43 heavy (non-hydrogen) atoms. The van der Waals surface area contributed by atoms with E-state index in [1.807, 2.05) is 24.0 Å². The van der Waals surface area contributed by atoms with Crippen molar-refractivity contribution in [1.82, 2.24) is 4.90 Å². The molecule has 0 radical (unpaired) electrons. The van der Waals surface area contributed by atoms with E-state index in [9.17, 15) is 9.59 Å². The van der Waals surface area contributed by atoms with Crippen LogP contribution >= 0.6 is 24.8 Å². The highest BCUT2D eigenvalue weighted by molar-refractivity contribution is 5.96. The van der Waals surface area contributed by atoms with Gasteiger partial charge in [0.05, 0.1) is 0 Å². The number of hydrogen-bond donors (Lipinski definition) is 2. The summed E-state index contributed by atoms with van der Waals surface area (Å²) in [5.74, 6) is 0.387. The van der Waals surface area contributed by atoms with Crippen LogP contribution in [0.5, 0.6) is 0 Å². The topological polar surface area (TPSA) is 98.6 Å². The number of benzene rings is 2. The fraction of sp³-hybridized carbons (Fsp3) is 0.486. The Morgan fingerprint density at radius 2 is 1.53 bits per heavy atom. The van der Waals surface area contributed by atoms with Gasteiger partial charge in [-0.1, -0.05) is 68.2 Å². The molecule has 2 aromatic carbocycles. The second-order valence-electron chi connectivity index (χ2n) is 11.8. The number of halogens is 2. The van der Waals surface area contributed by atoms with Crippen LogP contribution in [0.1, 0.15) is 89.2 Å². The summed E-state index contributed by atoms with van der Waals surface area (Å²) in [7, 11) is 0. The van der Waals surface area contributed by atoms with Crippen LogP contribution in [0, 0.1) is 0 Å². The molecular weight excluding hydrogens is 581 g/mol. The van der Waals surface area contributed by atoms with Crippen molar-refractivity contribution in [2.24, 2.45) is 11.5 Å². The molecule has 0 aliphatic heterocycles. The molecule has 0 spiro atoms. The minimum atomic E-state index is -0.294. The second kappa shape index (κ2) is 18.2. The highest BCUT2D eigenvalue weighted by Crippen LogP contribution is 2.23. The number of amides is 1. The van der Waals surface area contributed by atoms with E-state index in [2.05, 4.69) is 49.4 Å². The van der Waals surface area contributed by atoms with Gasteiger partial charge in [-0.2, -0.15) is 0 Å². The summed E-state index contributed by atoms with van der Waals surface area (Å²) in [5, 5.41) is 4.84. The number of esters is 1. The number of unbranched alkanes of at least 4 members (excludes halogenated alkanes) is 4. The predicted molar refractivity (Wildman–Crippen MR) is 184 cm³/mol. The van der Waals surface area contributed by atoms with Gasteiger partial charge in [-0.25, -0.2) is 0 Å². The predicted octanol–water partition coefficient (Wildman–Crippen LogP) is 5.68. The number of carbonyl (C=O) groups is 2. The van der Waals surface area contributed by atoms with E-state index in [4.69, 9.17) is 16.2 Å². The van der Waals surface area contributed by atoms with Gasteiger partial charge in [-0.15, -0.1) is 24.8 Å². The molecule has 0 saturated carbocycles. The highest BCUT2D eigenvalue weighted by atomic mass is 35.5. The van der Waals surface area contributed by atoms with E-state index in [-0.39, 0.29) is 55.2 Å². The van der Waals surface area contributed by atoms with Crippen LogP contribution in [0.25, 0.3) is 29.0 Å². The van der Waals surface area contributed by atoms with Crippen LogP contribution < -0.4 is 21.9 Å². The summed E-state index contributed by atoms with van der Waals surface area (Å²) >= 11 is 0. The van der Waals surface area contributed by atoms with Crippen LogP contribution in [0.3, 0.4) is 0 Å². The zero-order chi connectivity index (χ0) is 29.2. The van der Waals surface area contributed by atoms with Gasteiger partial charge in [-0.05, 0) is 90.4 Å². The third kappa shape index (κ3) is 10.8. The molecule has 2 aliphatic carbocycles. The van der Waals surface area contributed by atoms with Crippen LogP contribution in [0.4, 0.5) is 0 Å². The normalized spacial score (nSPS) is 14.2. The van der Waals surface area contributed by atoms with Crippen molar-refractivity contribution < 1.29 is 14.3 Å². The van der Waals surface area contributed by atoms with Crippen LogP contribution in [-0.2, 0) is 20.7 Å². The number of carbonyl (C=O) groups excluding carboxylic acids is 2. The molecule has 236 valence electrons. The molecule has 2 aromatic rings. The average molecular weight is 631 g/mol. The van der Waals surface area contributed by atoms with Gasteiger partial charge < -0.3 is 21.1 Å². The van der Waals surface area contributed by atoms with E-state index in [1.165, 1.54) is 40.0 Å². The van der Waals surface area contributed by atoms with Gasteiger partial charge >= 0.3 is 5.97 Å². The maximum Gasteiger partial charge on any atom is 0.311 e. The highest BCUT2D eigenvalue weighted by Gasteiger charge is 2.17. The molecule has 0 saturated heterocycles. The molecule has 4 rings (SSSR count). The number of hydrogen-bond acceptors (Lipinski definition) is 5. The molecule has 4 N–H and O–H groups in total. The Morgan fingerprint density at radius 1 is 0.837 bits per heavy atom. The first-order valence-electron chi connectivity index (χ1n) is 15.5. The molecule has 0 bridgehead atoms. The standard InChI is InChI=1S/C35H47N3O3.2ClH/c1-25(36)10-6-4-3-5-7-22-38(23-21-26(2)37)34(39)13-9-14-35(40)41-29-17-20-31-28(24-29)16-19-32-30-12-8-11-27(30)15-18-33(31)32;;/h8,11-12,15-19,24-26H,3-7,9-10,13-14,20-23,36-37H2,1-2H3;2*1H. The van der Waals surface area contributed by atoms with E-state index in [0.717, 1.165) is 50.3 Å². The lowest BCUT2D eigenvalue weighted by molar-refractivity contribution is -0.139. The first kappa shape index (κ1) is 36.6. The zero-order valence-electron chi connectivity index (χ0n) is 25.7. The van der Waals surface area contributed by atoms with Gasteiger partial charge in [0.1, 0.15) is 5.76 Å². The first-order chi connectivity index (χ1) is 19.8. The fourth-order valence-corrected chi connectivity index (χ4v) is 5.70. The Labute approximate surface area is 269 Å². The minimum absolute atomic E-state index is 0. The van der Waals surface area contributed by atoms with Gasteiger partial charge in [0.2, 0.25) is 5.91 Å². The van der Waals surface area contributed by atoms with Crippen LogP contribution in [0.2, 0.25) is 0 Å². The van der Waals surface area contributed by atoms with Crippen LogP contribution in [-0.4, -0.2) is 41.9 Å². The number of rotatable bonds is 16. The summed E-state index contributed by atoms with van der Waals surface area (Å²) in [5.41, 5.74) is 14.3. The largest absolute Gasteiger partial charge is 0.427 e. The molecular formula is C35H49Cl2N3O3. The lowest BCUT2D eigenvalue weighted by atomic mass is 9.94. The Balaban J connectivity index is 0.00000323. The maximum atomic E-state index is 13.0. The molecule has 1 amide bonds. The summed E-state index contributed by atoms with van der Waals surface area (Å²) < 4.78 is 5.68. The fourth-order valence-electron chi connectivity index (χ4n) is 5.70. The summed E-state index contributed by atoms with van der Waals surface area (Å²) in [6, 6.07) is 8.95. The van der Waals surface area contributed by atoms with Crippen molar-refractivity contribution in [3.63, 3.8) is 0 Å². The molecule has 0 heterocycles. The second-order valence-corrected chi connectivity index (χ2v) is 11.8. The number of fused-ring (bicyclic) bond motifs is 5. The van der Waals surface area contributed by atoms with E-state index >= 15 is 0 Å². The lowest BCUT2D eigenvalue weighted by Crippen LogP contribution is -2.35. The van der Waals surface area contributed by atoms with E-state index < -0.39 is 0 Å². The minimum Gasteiger partial charge on any atom is -0.427 e. The molecule has 0 fully saturated rings. The number of allylic oxidation sites excluding steroid dienone is 3. The van der Waals surface area contributed by atoms with Crippen molar-refractivity contribution in [2.45, 2.75) is 96.6 Å². The zero-order valence-corrected chi connectivity index (χ0v) is 27.3. The Kier molecular flexibility index (Phi) is 15.5. The smallest absolute Gasteiger partial charge is 0.311 e. The number of ether oxygens (including phenoxy) is 1. The van der Waals surface area contributed by atoms with E-state index in [0.29, 0.717) is 25.1 Å². The Morgan fingerprint density at radius 3 is 2.30 bits per heavy atom. The van der Waals surface area contributed by atoms with Crippen LogP contribution in [0.15, 0.2) is 42.2 Å². The number of nitrogens with zero attached hydrogens (tertiary/aromatic N) is 1. The number of nitrogens with two attached hydrogens (primary N) is 2. The van der Waals surface area contributed by atoms with Gasteiger partial charge in [-0.3, -0.25) is 9.59 Å². The first-order valence-corrected chi connectivity index (χ1v) is 15.5. The third-order valence-electron chi connectivity index (χ3n) is 8.07. The van der Waals surface area contributed by atoms with Crippen molar-refractivity contribution in [3.05, 3.63) is 63.7 Å². The SMILES string of the molecule is CC(N)CCCCCCCN(CCC(C)N)C(=O)CCCC(=O)OC1=CCc2c(ccc3c4c(ccc23)=CC=C4)=C1.Cl.Cl. The summed E-state index contributed by atoms with van der Waals surface area (Å²) in [4.78, 5) is 27.5. The van der Waals surface area contributed by atoms with Gasteiger partial charge in [0, 0.05) is 38.0 Å².